The number of amides is 1. The van der Waals surface area contributed by atoms with Crippen LogP contribution in [0.5, 0.6) is 0 Å². The van der Waals surface area contributed by atoms with Crippen molar-refractivity contribution in [1.82, 2.24) is 0 Å². The summed E-state index contributed by atoms with van der Waals surface area (Å²) in [5.41, 5.74) is 0.961. The second kappa shape index (κ2) is 6.07. The summed E-state index contributed by atoms with van der Waals surface area (Å²) in [7, 11) is 0. The molecule has 0 aromatic heterocycles. The predicted octanol–water partition coefficient (Wildman–Crippen LogP) is 3.16. The number of rotatable bonds is 3. The molecule has 2 N–H and O–H groups in total. The van der Waals surface area contributed by atoms with Gasteiger partial charge in [0.2, 0.25) is 0 Å². The third-order valence-corrected chi connectivity index (χ3v) is 2.98. The van der Waals surface area contributed by atoms with Crippen molar-refractivity contribution in [3.63, 3.8) is 0 Å². The van der Waals surface area contributed by atoms with Crippen LogP contribution in [0.1, 0.15) is 26.3 Å². The molecule has 2 rings (SSSR count). The molecule has 21 heavy (non-hydrogen) atoms. The molecular weight excluding hydrogens is 292 g/mol. The highest BCUT2D eigenvalue weighted by Gasteiger charge is 2.11. The van der Waals surface area contributed by atoms with E-state index in [0.29, 0.717) is 10.7 Å². The summed E-state index contributed by atoms with van der Waals surface area (Å²) in [6.45, 7) is 0. The van der Waals surface area contributed by atoms with Crippen LogP contribution in [-0.4, -0.2) is 17.0 Å². The maximum absolute atomic E-state index is 12.1. The van der Waals surface area contributed by atoms with Crippen LogP contribution in [0.2, 0.25) is 5.02 Å². The zero-order chi connectivity index (χ0) is 15.4. The normalized spacial score (nSPS) is 9.71. The number of carbonyl (C=O) groups excluding carboxylic acids is 1. The summed E-state index contributed by atoms with van der Waals surface area (Å²) in [6.07, 6.45) is 0. The first-order chi connectivity index (χ1) is 10.0. The standard InChI is InChI=1S/C15H9ClN2O3/c16-12-6-5-11(8-17)13(7-12)18-14(19)9-1-3-10(4-2-9)15(20)21/h1-7H,(H,18,19)(H,20,21). The summed E-state index contributed by atoms with van der Waals surface area (Å²) in [6, 6.07) is 12.0. The fraction of sp³-hybridized carbons (Fsp3) is 0. The molecule has 0 aliphatic rings. The second-order valence-corrected chi connectivity index (χ2v) is 4.57. The topological polar surface area (TPSA) is 90.2 Å². The molecule has 0 heterocycles. The summed E-state index contributed by atoms with van der Waals surface area (Å²) >= 11 is 5.83. The number of anilines is 1. The molecule has 0 radical (unpaired) electrons. The Morgan fingerprint density at radius 1 is 1.10 bits per heavy atom. The SMILES string of the molecule is N#Cc1ccc(Cl)cc1NC(=O)c1ccc(C(=O)O)cc1. The average molecular weight is 301 g/mol. The number of hydrogen-bond acceptors (Lipinski definition) is 3. The van der Waals surface area contributed by atoms with Gasteiger partial charge < -0.3 is 10.4 Å². The maximum Gasteiger partial charge on any atom is 0.335 e. The lowest BCUT2D eigenvalue weighted by molar-refractivity contribution is 0.0696. The lowest BCUT2D eigenvalue weighted by atomic mass is 10.1. The molecule has 0 spiro atoms. The maximum atomic E-state index is 12.1. The molecule has 0 fully saturated rings. The van der Waals surface area contributed by atoms with Crippen molar-refractivity contribution in [1.29, 1.82) is 5.26 Å². The van der Waals surface area contributed by atoms with E-state index in [9.17, 15) is 9.59 Å². The van der Waals surface area contributed by atoms with Crippen molar-refractivity contribution in [2.24, 2.45) is 0 Å². The van der Waals surface area contributed by atoms with Crippen LogP contribution in [0.25, 0.3) is 0 Å². The van der Waals surface area contributed by atoms with Gasteiger partial charge in [0.25, 0.3) is 5.91 Å². The molecule has 104 valence electrons. The zero-order valence-electron chi connectivity index (χ0n) is 10.6. The van der Waals surface area contributed by atoms with Crippen molar-refractivity contribution in [3.8, 4) is 6.07 Å². The molecule has 1 amide bonds. The number of carboxylic acids is 1. The van der Waals surface area contributed by atoms with Crippen molar-refractivity contribution < 1.29 is 14.7 Å². The molecule has 5 nitrogen and oxygen atoms in total. The summed E-state index contributed by atoms with van der Waals surface area (Å²) in [5, 5.41) is 20.7. The van der Waals surface area contributed by atoms with Gasteiger partial charge in [-0.25, -0.2) is 4.79 Å². The predicted molar refractivity (Wildman–Crippen MR) is 77.5 cm³/mol. The Morgan fingerprint density at radius 3 is 2.29 bits per heavy atom. The highest BCUT2D eigenvalue weighted by molar-refractivity contribution is 6.31. The Labute approximate surface area is 125 Å². The Kier molecular flexibility index (Phi) is 4.21. The van der Waals surface area contributed by atoms with Crippen LogP contribution in [0.15, 0.2) is 42.5 Å². The minimum Gasteiger partial charge on any atom is -0.478 e. The van der Waals surface area contributed by atoms with E-state index in [0.717, 1.165) is 0 Å². The largest absolute Gasteiger partial charge is 0.478 e. The molecule has 2 aromatic carbocycles. The van der Waals surface area contributed by atoms with E-state index in [4.69, 9.17) is 22.0 Å². The number of carbonyl (C=O) groups is 2. The second-order valence-electron chi connectivity index (χ2n) is 4.14. The Bertz CT molecular complexity index is 749. The summed E-state index contributed by atoms with van der Waals surface area (Å²) in [4.78, 5) is 22.8. The van der Waals surface area contributed by atoms with Gasteiger partial charge in [-0.05, 0) is 42.5 Å². The van der Waals surface area contributed by atoms with Gasteiger partial charge in [0, 0.05) is 10.6 Å². The van der Waals surface area contributed by atoms with Crippen molar-refractivity contribution in [3.05, 3.63) is 64.2 Å². The van der Waals surface area contributed by atoms with E-state index in [1.54, 1.807) is 6.07 Å². The number of halogens is 1. The molecule has 0 aliphatic heterocycles. The van der Waals surface area contributed by atoms with E-state index >= 15 is 0 Å². The van der Waals surface area contributed by atoms with E-state index < -0.39 is 11.9 Å². The van der Waals surface area contributed by atoms with E-state index in [2.05, 4.69) is 5.32 Å². The number of benzene rings is 2. The van der Waals surface area contributed by atoms with Crippen LogP contribution >= 0.6 is 11.6 Å². The first-order valence-electron chi connectivity index (χ1n) is 5.85. The van der Waals surface area contributed by atoms with Crippen LogP contribution in [-0.2, 0) is 0 Å². The van der Waals surface area contributed by atoms with E-state index in [1.807, 2.05) is 6.07 Å². The molecular formula is C15H9ClN2O3. The van der Waals surface area contributed by atoms with Crippen molar-refractivity contribution >= 4 is 29.2 Å². The lowest BCUT2D eigenvalue weighted by Gasteiger charge is -2.07. The monoisotopic (exact) mass is 300 g/mol. The van der Waals surface area contributed by atoms with Gasteiger partial charge in [0.15, 0.2) is 0 Å². The van der Waals surface area contributed by atoms with Crippen LogP contribution in [0, 0.1) is 11.3 Å². The van der Waals surface area contributed by atoms with Gasteiger partial charge in [0.1, 0.15) is 6.07 Å². The quantitative estimate of drug-likeness (QED) is 0.911. The van der Waals surface area contributed by atoms with Crippen LogP contribution < -0.4 is 5.32 Å². The minimum absolute atomic E-state index is 0.0898. The third-order valence-electron chi connectivity index (χ3n) is 2.74. The Hall–Kier alpha value is -2.84. The van der Waals surface area contributed by atoms with Crippen molar-refractivity contribution in [2.45, 2.75) is 0 Å². The molecule has 0 bridgehead atoms. The molecule has 0 atom stereocenters. The first-order valence-corrected chi connectivity index (χ1v) is 6.23. The Balaban J connectivity index is 2.24. The highest BCUT2D eigenvalue weighted by atomic mass is 35.5. The number of hydrogen-bond donors (Lipinski definition) is 2. The molecule has 6 heteroatoms. The summed E-state index contributed by atoms with van der Waals surface area (Å²) in [5.74, 6) is -1.52. The fourth-order valence-electron chi connectivity index (χ4n) is 1.68. The fourth-order valence-corrected chi connectivity index (χ4v) is 1.85. The number of nitrogens with zero attached hydrogens (tertiary/aromatic N) is 1. The van der Waals surface area contributed by atoms with Crippen LogP contribution in [0.4, 0.5) is 5.69 Å². The number of aromatic carboxylic acids is 1. The van der Waals surface area contributed by atoms with Gasteiger partial charge in [-0.2, -0.15) is 5.26 Å². The Morgan fingerprint density at radius 2 is 1.71 bits per heavy atom. The van der Waals surface area contributed by atoms with Gasteiger partial charge >= 0.3 is 5.97 Å². The van der Waals surface area contributed by atoms with Gasteiger partial charge in [-0.1, -0.05) is 11.6 Å². The van der Waals surface area contributed by atoms with Gasteiger partial charge in [-0.3, -0.25) is 4.79 Å². The average Bonchev–Trinajstić information content (AvgIpc) is 2.47. The zero-order valence-corrected chi connectivity index (χ0v) is 11.4. The number of nitrogens with one attached hydrogen (secondary N) is 1. The summed E-state index contributed by atoms with van der Waals surface area (Å²) < 4.78 is 0. The first kappa shape index (κ1) is 14.6. The third kappa shape index (κ3) is 3.38. The minimum atomic E-state index is -1.07. The van der Waals surface area contributed by atoms with Gasteiger partial charge in [0.05, 0.1) is 16.8 Å². The number of carboxylic acid groups (broad SMARTS) is 1. The van der Waals surface area contributed by atoms with E-state index in [1.165, 1.54) is 36.4 Å². The molecule has 0 saturated heterocycles. The molecule has 2 aromatic rings. The molecule has 0 unspecified atom stereocenters. The molecule has 0 saturated carbocycles. The van der Waals surface area contributed by atoms with Crippen LogP contribution in [0.3, 0.4) is 0 Å². The highest BCUT2D eigenvalue weighted by Crippen LogP contribution is 2.21. The molecule has 0 aliphatic carbocycles. The van der Waals surface area contributed by atoms with Crippen molar-refractivity contribution in [2.75, 3.05) is 5.32 Å². The number of nitriles is 1. The van der Waals surface area contributed by atoms with Gasteiger partial charge in [-0.15, -0.1) is 0 Å². The smallest absolute Gasteiger partial charge is 0.335 e. The van der Waals surface area contributed by atoms with E-state index in [-0.39, 0.29) is 16.7 Å². The lowest BCUT2D eigenvalue weighted by Crippen LogP contribution is -2.13.